The van der Waals surface area contributed by atoms with Gasteiger partial charge in [0.2, 0.25) is 5.88 Å². The number of nitrogen functional groups attached to an aromatic ring is 1. The van der Waals surface area contributed by atoms with Crippen LogP contribution in [0.3, 0.4) is 0 Å². The Balaban J connectivity index is 2.86. The Bertz CT molecular complexity index is 249. The molecule has 1 rings (SSSR count). The van der Waals surface area contributed by atoms with Crippen LogP contribution in [0, 0.1) is 6.92 Å². The van der Waals surface area contributed by atoms with Crippen LogP contribution in [0.5, 0.6) is 5.88 Å². The van der Waals surface area contributed by atoms with E-state index >= 15 is 0 Å². The summed E-state index contributed by atoms with van der Waals surface area (Å²) in [6.07, 6.45) is 0. The fourth-order valence-corrected chi connectivity index (χ4v) is 0.688. The zero-order chi connectivity index (χ0) is 8.27. The summed E-state index contributed by atoms with van der Waals surface area (Å²) in [5.74, 6) is 0.979. The molecule has 11 heavy (non-hydrogen) atoms. The molecule has 4 nitrogen and oxygen atoms in total. The van der Waals surface area contributed by atoms with Gasteiger partial charge in [0.05, 0.1) is 6.61 Å². The molecule has 0 saturated carbocycles. The quantitative estimate of drug-likeness (QED) is 0.681. The Morgan fingerprint density at radius 3 is 2.82 bits per heavy atom. The maximum absolute atomic E-state index is 5.46. The predicted octanol–water partition coefficient (Wildman–Crippen LogP) is 0.766. The number of ether oxygens (including phenoxy) is 1. The Labute approximate surface area is 65.4 Å². The highest BCUT2D eigenvalue weighted by Crippen LogP contribution is 2.11. The fourth-order valence-electron chi connectivity index (χ4n) is 0.688. The summed E-state index contributed by atoms with van der Waals surface area (Å²) in [5.41, 5.74) is 6.35. The second-order valence-electron chi connectivity index (χ2n) is 2.18. The molecule has 2 N–H and O–H groups in total. The van der Waals surface area contributed by atoms with Gasteiger partial charge < -0.3 is 10.5 Å². The Kier molecular flexibility index (Phi) is 2.25. The topological polar surface area (TPSA) is 61.0 Å². The minimum absolute atomic E-state index is 0.452. The van der Waals surface area contributed by atoms with Gasteiger partial charge in [-0.25, -0.2) is 0 Å². The monoisotopic (exact) mass is 153 g/mol. The van der Waals surface area contributed by atoms with Crippen LogP contribution in [0.2, 0.25) is 0 Å². The SMILES string of the molecule is CCOc1cc(C)c(N)nn1. The molecular formula is C7H11N3O. The van der Waals surface area contributed by atoms with E-state index in [1.54, 1.807) is 6.07 Å². The molecule has 1 heterocycles. The molecule has 0 aliphatic carbocycles. The van der Waals surface area contributed by atoms with Crippen molar-refractivity contribution in [1.82, 2.24) is 10.2 Å². The molecule has 0 fully saturated rings. The third-order valence-electron chi connectivity index (χ3n) is 1.29. The molecular weight excluding hydrogens is 142 g/mol. The molecule has 0 spiro atoms. The number of nitrogens with two attached hydrogens (primary N) is 1. The van der Waals surface area contributed by atoms with Crippen LogP contribution in [0.4, 0.5) is 5.82 Å². The van der Waals surface area contributed by atoms with Gasteiger partial charge in [-0.15, -0.1) is 10.2 Å². The van der Waals surface area contributed by atoms with Crippen LogP contribution in [0.1, 0.15) is 12.5 Å². The maximum atomic E-state index is 5.46. The van der Waals surface area contributed by atoms with Crippen molar-refractivity contribution in [1.29, 1.82) is 0 Å². The van der Waals surface area contributed by atoms with E-state index in [1.807, 2.05) is 13.8 Å². The molecule has 4 heteroatoms. The van der Waals surface area contributed by atoms with Gasteiger partial charge in [0.25, 0.3) is 0 Å². The molecule has 0 aliphatic rings. The van der Waals surface area contributed by atoms with Gasteiger partial charge in [-0.3, -0.25) is 0 Å². The molecule has 0 radical (unpaired) electrons. The summed E-state index contributed by atoms with van der Waals surface area (Å²) in [5, 5.41) is 7.43. The van der Waals surface area contributed by atoms with Gasteiger partial charge in [0.1, 0.15) is 5.82 Å². The molecule has 0 unspecified atom stereocenters. The molecule has 0 amide bonds. The van der Waals surface area contributed by atoms with Gasteiger partial charge in [0, 0.05) is 6.07 Å². The number of hydrogen-bond acceptors (Lipinski definition) is 4. The minimum atomic E-state index is 0.452. The molecule has 0 atom stereocenters. The van der Waals surface area contributed by atoms with Crippen molar-refractivity contribution in [3.8, 4) is 5.88 Å². The van der Waals surface area contributed by atoms with E-state index in [-0.39, 0.29) is 0 Å². The first kappa shape index (κ1) is 7.78. The molecule has 0 aliphatic heterocycles. The van der Waals surface area contributed by atoms with Gasteiger partial charge >= 0.3 is 0 Å². The normalized spacial score (nSPS) is 9.64. The zero-order valence-electron chi connectivity index (χ0n) is 6.66. The van der Waals surface area contributed by atoms with Crippen LogP contribution in [-0.4, -0.2) is 16.8 Å². The number of anilines is 1. The predicted molar refractivity (Wildman–Crippen MR) is 42.4 cm³/mol. The largest absolute Gasteiger partial charge is 0.477 e. The second-order valence-corrected chi connectivity index (χ2v) is 2.18. The zero-order valence-corrected chi connectivity index (χ0v) is 6.66. The van der Waals surface area contributed by atoms with E-state index in [0.29, 0.717) is 18.3 Å². The standard InChI is InChI=1S/C7H11N3O/c1-3-11-6-4-5(2)7(8)10-9-6/h4H,3H2,1-2H3,(H2,8,10). The van der Waals surface area contributed by atoms with Gasteiger partial charge in [0.15, 0.2) is 0 Å². The number of hydrogen-bond donors (Lipinski definition) is 1. The number of aryl methyl sites for hydroxylation is 1. The third kappa shape index (κ3) is 1.80. The van der Waals surface area contributed by atoms with Crippen molar-refractivity contribution < 1.29 is 4.74 Å². The second kappa shape index (κ2) is 3.18. The molecule has 0 bridgehead atoms. The minimum Gasteiger partial charge on any atom is -0.477 e. The summed E-state index contributed by atoms with van der Waals surface area (Å²) >= 11 is 0. The smallest absolute Gasteiger partial charge is 0.233 e. The summed E-state index contributed by atoms with van der Waals surface area (Å²) in [4.78, 5) is 0. The van der Waals surface area contributed by atoms with Crippen molar-refractivity contribution in [2.24, 2.45) is 0 Å². The van der Waals surface area contributed by atoms with Crippen LogP contribution < -0.4 is 10.5 Å². The van der Waals surface area contributed by atoms with Crippen LogP contribution in [0.15, 0.2) is 6.07 Å². The van der Waals surface area contributed by atoms with Crippen molar-refractivity contribution in [2.75, 3.05) is 12.3 Å². The average molecular weight is 153 g/mol. The van der Waals surface area contributed by atoms with E-state index in [2.05, 4.69) is 10.2 Å². The highest BCUT2D eigenvalue weighted by molar-refractivity contribution is 5.38. The summed E-state index contributed by atoms with van der Waals surface area (Å²) in [7, 11) is 0. The van der Waals surface area contributed by atoms with Crippen LogP contribution >= 0.6 is 0 Å². The lowest BCUT2D eigenvalue weighted by atomic mass is 10.3. The average Bonchev–Trinajstić information content (AvgIpc) is 1.98. The van der Waals surface area contributed by atoms with Crippen molar-refractivity contribution in [2.45, 2.75) is 13.8 Å². The molecule has 0 aromatic carbocycles. The maximum Gasteiger partial charge on any atom is 0.233 e. The van der Waals surface area contributed by atoms with Gasteiger partial charge in [-0.2, -0.15) is 0 Å². The molecule has 1 aromatic rings. The number of aromatic nitrogens is 2. The van der Waals surface area contributed by atoms with E-state index in [9.17, 15) is 0 Å². The summed E-state index contributed by atoms with van der Waals surface area (Å²) < 4.78 is 5.11. The first-order valence-electron chi connectivity index (χ1n) is 3.46. The Morgan fingerprint density at radius 1 is 1.55 bits per heavy atom. The molecule has 1 aromatic heterocycles. The summed E-state index contributed by atoms with van der Waals surface area (Å²) in [6, 6.07) is 1.77. The first-order chi connectivity index (χ1) is 5.24. The van der Waals surface area contributed by atoms with Gasteiger partial charge in [-0.1, -0.05) is 0 Å². The van der Waals surface area contributed by atoms with Crippen molar-refractivity contribution in [3.05, 3.63) is 11.6 Å². The Morgan fingerprint density at radius 2 is 2.27 bits per heavy atom. The fraction of sp³-hybridized carbons (Fsp3) is 0.429. The van der Waals surface area contributed by atoms with Crippen LogP contribution in [0.25, 0.3) is 0 Å². The van der Waals surface area contributed by atoms with Gasteiger partial charge in [-0.05, 0) is 19.4 Å². The third-order valence-corrected chi connectivity index (χ3v) is 1.29. The van der Waals surface area contributed by atoms with Crippen molar-refractivity contribution >= 4 is 5.82 Å². The van der Waals surface area contributed by atoms with E-state index < -0.39 is 0 Å². The lowest BCUT2D eigenvalue weighted by Gasteiger charge is -2.02. The van der Waals surface area contributed by atoms with E-state index in [0.717, 1.165) is 5.56 Å². The number of nitrogens with zero attached hydrogens (tertiary/aromatic N) is 2. The van der Waals surface area contributed by atoms with E-state index in [4.69, 9.17) is 10.5 Å². The van der Waals surface area contributed by atoms with E-state index in [1.165, 1.54) is 0 Å². The molecule has 60 valence electrons. The number of rotatable bonds is 2. The highest BCUT2D eigenvalue weighted by Gasteiger charge is 1.98. The lowest BCUT2D eigenvalue weighted by molar-refractivity contribution is 0.322. The Hall–Kier alpha value is -1.32. The van der Waals surface area contributed by atoms with Crippen LogP contribution in [-0.2, 0) is 0 Å². The van der Waals surface area contributed by atoms with Crippen molar-refractivity contribution in [3.63, 3.8) is 0 Å². The highest BCUT2D eigenvalue weighted by atomic mass is 16.5. The molecule has 0 saturated heterocycles. The lowest BCUT2D eigenvalue weighted by Crippen LogP contribution is -2.00. The first-order valence-corrected chi connectivity index (χ1v) is 3.46. The summed E-state index contributed by atoms with van der Waals surface area (Å²) in [6.45, 7) is 4.36.